The van der Waals surface area contributed by atoms with Crippen LogP contribution in [0.4, 0.5) is 0 Å². The quantitative estimate of drug-likeness (QED) is 0.468. The number of nitrogens with one attached hydrogen (secondary N) is 2. The Bertz CT molecular complexity index is 640. The Morgan fingerprint density at radius 2 is 2.14 bits per heavy atom. The molecule has 7 nitrogen and oxygen atoms in total. The van der Waals surface area contributed by atoms with Crippen molar-refractivity contribution in [2.75, 3.05) is 47.5 Å². The highest BCUT2D eigenvalue weighted by Gasteiger charge is 2.41. The van der Waals surface area contributed by atoms with Crippen LogP contribution in [0.3, 0.4) is 0 Å². The highest BCUT2D eigenvalue weighted by Crippen LogP contribution is 2.34. The van der Waals surface area contributed by atoms with Crippen molar-refractivity contribution < 1.29 is 14.2 Å². The van der Waals surface area contributed by atoms with Gasteiger partial charge in [0.15, 0.2) is 5.96 Å². The van der Waals surface area contributed by atoms with E-state index in [4.69, 9.17) is 14.2 Å². The molecule has 2 heterocycles. The average molecular weight is 391 g/mol. The van der Waals surface area contributed by atoms with Crippen molar-refractivity contribution in [3.63, 3.8) is 0 Å². The highest BCUT2D eigenvalue weighted by molar-refractivity contribution is 5.80. The van der Waals surface area contributed by atoms with Gasteiger partial charge in [0, 0.05) is 33.8 Å². The SMILES string of the molecule is CN=C(NCc1cccc(OCCN(C)CCOC)c1)NC1CC2CCC1O2. The van der Waals surface area contributed by atoms with Crippen molar-refractivity contribution in [3.8, 4) is 5.75 Å². The minimum Gasteiger partial charge on any atom is -0.492 e. The van der Waals surface area contributed by atoms with Crippen molar-refractivity contribution in [1.29, 1.82) is 0 Å². The van der Waals surface area contributed by atoms with Crippen molar-refractivity contribution in [2.45, 2.75) is 44.1 Å². The molecule has 3 atom stereocenters. The molecule has 2 saturated heterocycles. The molecule has 3 unspecified atom stereocenters. The molecular formula is C21H34N4O3. The first-order valence-corrected chi connectivity index (χ1v) is 10.2. The molecule has 0 aromatic heterocycles. The summed E-state index contributed by atoms with van der Waals surface area (Å²) in [6.45, 7) is 3.87. The van der Waals surface area contributed by atoms with Crippen molar-refractivity contribution >= 4 is 5.96 Å². The van der Waals surface area contributed by atoms with Crippen LogP contribution in [0, 0.1) is 0 Å². The van der Waals surface area contributed by atoms with Gasteiger partial charge >= 0.3 is 0 Å². The van der Waals surface area contributed by atoms with E-state index in [1.54, 1.807) is 7.11 Å². The molecule has 3 rings (SSSR count). The minimum atomic E-state index is 0.335. The second-order valence-corrected chi connectivity index (χ2v) is 7.58. The molecule has 0 amide bonds. The normalized spacial score (nSPS) is 24.0. The second kappa shape index (κ2) is 10.6. The van der Waals surface area contributed by atoms with Crippen molar-refractivity contribution in [2.24, 2.45) is 4.99 Å². The lowest BCUT2D eigenvalue weighted by Crippen LogP contribution is -2.47. The molecule has 1 aromatic carbocycles. The number of methoxy groups -OCH3 is 1. The van der Waals surface area contributed by atoms with E-state index >= 15 is 0 Å². The number of fused-ring (bicyclic) bond motifs is 2. The van der Waals surface area contributed by atoms with Gasteiger partial charge in [-0.2, -0.15) is 0 Å². The van der Waals surface area contributed by atoms with Gasteiger partial charge in [0.25, 0.3) is 0 Å². The van der Waals surface area contributed by atoms with E-state index in [0.29, 0.717) is 31.4 Å². The van der Waals surface area contributed by atoms with Gasteiger partial charge in [-0.25, -0.2) is 0 Å². The Hall–Kier alpha value is -1.83. The van der Waals surface area contributed by atoms with Crippen LogP contribution in [0.15, 0.2) is 29.3 Å². The summed E-state index contributed by atoms with van der Waals surface area (Å²) in [5, 5.41) is 6.91. The van der Waals surface area contributed by atoms with Crippen LogP contribution in [-0.2, 0) is 16.0 Å². The maximum atomic E-state index is 5.91. The lowest BCUT2D eigenvalue weighted by molar-refractivity contribution is 0.0992. The van der Waals surface area contributed by atoms with Crippen molar-refractivity contribution in [3.05, 3.63) is 29.8 Å². The third-order valence-corrected chi connectivity index (χ3v) is 5.43. The van der Waals surface area contributed by atoms with E-state index in [-0.39, 0.29) is 0 Å². The predicted molar refractivity (Wildman–Crippen MR) is 111 cm³/mol. The topological polar surface area (TPSA) is 67.4 Å². The summed E-state index contributed by atoms with van der Waals surface area (Å²) in [4.78, 5) is 6.56. The molecule has 156 valence electrons. The number of nitrogens with zero attached hydrogens (tertiary/aromatic N) is 2. The summed E-state index contributed by atoms with van der Waals surface area (Å²) in [6, 6.07) is 8.57. The molecule has 2 fully saturated rings. The second-order valence-electron chi connectivity index (χ2n) is 7.58. The van der Waals surface area contributed by atoms with Gasteiger partial charge in [-0.3, -0.25) is 4.99 Å². The number of guanidine groups is 1. The lowest BCUT2D eigenvalue weighted by Gasteiger charge is -2.22. The average Bonchev–Trinajstić information content (AvgIpc) is 3.33. The fraction of sp³-hybridized carbons (Fsp3) is 0.667. The van der Waals surface area contributed by atoms with E-state index in [1.165, 1.54) is 6.42 Å². The molecule has 28 heavy (non-hydrogen) atoms. The maximum Gasteiger partial charge on any atom is 0.191 e. The third-order valence-electron chi connectivity index (χ3n) is 5.43. The van der Waals surface area contributed by atoms with Gasteiger partial charge in [-0.05, 0) is 44.0 Å². The van der Waals surface area contributed by atoms with Crippen LogP contribution < -0.4 is 15.4 Å². The first-order valence-electron chi connectivity index (χ1n) is 10.2. The minimum absolute atomic E-state index is 0.335. The van der Waals surface area contributed by atoms with Gasteiger partial charge < -0.3 is 29.7 Å². The Morgan fingerprint density at radius 1 is 1.29 bits per heavy atom. The number of ether oxygens (including phenoxy) is 3. The van der Waals surface area contributed by atoms with Crippen LogP contribution in [0.5, 0.6) is 5.75 Å². The zero-order valence-corrected chi connectivity index (χ0v) is 17.3. The Kier molecular flexibility index (Phi) is 7.94. The van der Waals surface area contributed by atoms with Gasteiger partial charge in [0.1, 0.15) is 12.4 Å². The van der Waals surface area contributed by atoms with Gasteiger partial charge in [-0.1, -0.05) is 12.1 Å². The number of rotatable bonds is 10. The monoisotopic (exact) mass is 390 g/mol. The van der Waals surface area contributed by atoms with Gasteiger partial charge in [0.05, 0.1) is 24.9 Å². The molecule has 2 aliphatic heterocycles. The Balaban J connectivity index is 1.41. The summed E-state index contributed by atoms with van der Waals surface area (Å²) in [5.41, 5.74) is 1.16. The zero-order valence-electron chi connectivity index (χ0n) is 17.3. The predicted octanol–water partition coefficient (Wildman–Crippen LogP) is 1.63. The summed E-state index contributed by atoms with van der Waals surface area (Å²) in [5.74, 6) is 1.72. The summed E-state index contributed by atoms with van der Waals surface area (Å²) in [7, 11) is 5.60. The number of benzene rings is 1. The first-order chi connectivity index (χ1) is 13.7. The maximum absolute atomic E-state index is 5.91. The van der Waals surface area contributed by atoms with E-state index in [9.17, 15) is 0 Å². The number of aliphatic imine (C=N–C) groups is 1. The van der Waals surface area contributed by atoms with Crippen LogP contribution in [0.1, 0.15) is 24.8 Å². The highest BCUT2D eigenvalue weighted by atomic mass is 16.5. The molecule has 0 spiro atoms. The summed E-state index contributed by atoms with van der Waals surface area (Å²) in [6.07, 6.45) is 4.20. The van der Waals surface area contributed by atoms with Crippen molar-refractivity contribution in [1.82, 2.24) is 15.5 Å². The molecule has 1 aromatic rings. The molecule has 7 heteroatoms. The van der Waals surface area contributed by atoms with E-state index in [1.807, 2.05) is 19.2 Å². The molecule has 0 saturated carbocycles. The molecule has 0 aliphatic carbocycles. The number of hydrogen-bond acceptors (Lipinski definition) is 5. The van der Waals surface area contributed by atoms with E-state index in [0.717, 1.165) is 49.8 Å². The Labute approximate surface area is 168 Å². The zero-order chi connectivity index (χ0) is 19.8. The van der Waals surface area contributed by atoms with Crippen LogP contribution in [0.2, 0.25) is 0 Å². The van der Waals surface area contributed by atoms with E-state index < -0.39 is 0 Å². The number of hydrogen-bond donors (Lipinski definition) is 2. The standard InChI is InChI=1S/C21H34N4O3/c1-22-21(24-19-14-18-7-8-20(19)28-18)23-15-16-5-4-6-17(13-16)27-12-10-25(2)9-11-26-3/h4-6,13,18-20H,7-12,14-15H2,1-3H3,(H2,22,23,24). The summed E-state index contributed by atoms with van der Waals surface area (Å²) < 4.78 is 16.9. The third kappa shape index (κ3) is 6.09. The lowest BCUT2D eigenvalue weighted by atomic mass is 9.96. The molecule has 2 bridgehead atoms. The smallest absolute Gasteiger partial charge is 0.191 e. The largest absolute Gasteiger partial charge is 0.492 e. The van der Waals surface area contributed by atoms with E-state index in [2.05, 4.69) is 39.7 Å². The summed E-state index contributed by atoms with van der Waals surface area (Å²) >= 11 is 0. The Morgan fingerprint density at radius 3 is 2.86 bits per heavy atom. The fourth-order valence-electron chi connectivity index (χ4n) is 3.77. The van der Waals surface area contributed by atoms with Gasteiger partial charge in [-0.15, -0.1) is 0 Å². The van der Waals surface area contributed by atoms with Crippen LogP contribution in [-0.4, -0.2) is 76.6 Å². The van der Waals surface area contributed by atoms with Crippen LogP contribution >= 0.6 is 0 Å². The molecule has 0 radical (unpaired) electrons. The molecular weight excluding hydrogens is 356 g/mol. The fourth-order valence-corrected chi connectivity index (χ4v) is 3.77. The van der Waals surface area contributed by atoms with Gasteiger partial charge in [0.2, 0.25) is 0 Å². The molecule has 2 N–H and O–H groups in total. The van der Waals surface area contributed by atoms with Crippen LogP contribution in [0.25, 0.3) is 0 Å². The molecule has 2 aliphatic rings. The first kappa shape index (κ1) is 20.9. The number of likely N-dealkylation sites (N-methyl/N-ethyl adjacent to an activating group) is 1.